The van der Waals surface area contributed by atoms with Crippen molar-refractivity contribution in [3.05, 3.63) is 24.3 Å². The van der Waals surface area contributed by atoms with Crippen molar-refractivity contribution in [3.63, 3.8) is 0 Å². The maximum absolute atomic E-state index is 12.8. The lowest BCUT2D eigenvalue weighted by molar-refractivity contribution is -0.0713. The predicted octanol–water partition coefficient (Wildman–Crippen LogP) is 2.53. The molecule has 0 aromatic heterocycles. The fraction of sp³-hybridized carbons (Fsp3) is 0.600. The van der Waals surface area contributed by atoms with Crippen molar-refractivity contribution in [1.29, 1.82) is 0 Å². The van der Waals surface area contributed by atoms with Gasteiger partial charge in [-0.05, 0) is 37.8 Å². The van der Waals surface area contributed by atoms with Crippen LogP contribution in [0.4, 0.5) is 5.69 Å². The molecule has 2 N–H and O–H groups in total. The Bertz CT molecular complexity index is 591. The zero-order chi connectivity index (χ0) is 14.2. The van der Waals surface area contributed by atoms with Crippen molar-refractivity contribution in [1.82, 2.24) is 0 Å². The van der Waals surface area contributed by atoms with Gasteiger partial charge in [0.05, 0.1) is 21.4 Å². The van der Waals surface area contributed by atoms with E-state index in [2.05, 4.69) is 0 Å². The molecule has 4 nitrogen and oxygen atoms in total. The summed E-state index contributed by atoms with van der Waals surface area (Å²) in [4.78, 5) is 0.278. The number of para-hydroxylation sites is 1. The van der Waals surface area contributed by atoms with Crippen molar-refractivity contribution in [3.8, 4) is 0 Å². The molecular formula is C15H21NO3S. The van der Waals surface area contributed by atoms with Gasteiger partial charge in [0.2, 0.25) is 0 Å². The molecular weight excluding hydrogens is 274 g/mol. The van der Waals surface area contributed by atoms with Crippen LogP contribution in [0.15, 0.2) is 29.2 Å². The lowest BCUT2D eigenvalue weighted by Crippen LogP contribution is -2.42. The second-order valence-corrected chi connectivity index (χ2v) is 8.13. The Morgan fingerprint density at radius 3 is 2.60 bits per heavy atom. The van der Waals surface area contributed by atoms with E-state index < -0.39 is 9.84 Å². The van der Waals surface area contributed by atoms with E-state index in [1.165, 1.54) is 0 Å². The van der Waals surface area contributed by atoms with Crippen LogP contribution < -0.4 is 5.73 Å². The molecule has 1 aromatic carbocycles. The fourth-order valence-electron chi connectivity index (χ4n) is 3.53. The summed E-state index contributed by atoms with van der Waals surface area (Å²) in [6, 6.07) is 6.75. The van der Waals surface area contributed by atoms with Gasteiger partial charge < -0.3 is 10.5 Å². The third-order valence-electron chi connectivity index (χ3n) is 4.63. The highest BCUT2D eigenvalue weighted by Crippen LogP contribution is 2.43. The van der Waals surface area contributed by atoms with Crippen LogP contribution in [-0.4, -0.2) is 25.9 Å². The van der Waals surface area contributed by atoms with E-state index in [0.717, 1.165) is 25.7 Å². The van der Waals surface area contributed by atoms with E-state index in [4.69, 9.17) is 10.5 Å². The third kappa shape index (κ3) is 2.33. The summed E-state index contributed by atoms with van der Waals surface area (Å²) in [7, 11) is -3.36. The Balaban J connectivity index is 1.90. The Kier molecular flexibility index (Phi) is 3.50. The van der Waals surface area contributed by atoms with Gasteiger partial charge in [-0.2, -0.15) is 0 Å². The van der Waals surface area contributed by atoms with Crippen LogP contribution in [0.2, 0.25) is 0 Å². The van der Waals surface area contributed by atoms with Crippen LogP contribution in [0, 0.1) is 0 Å². The summed E-state index contributed by atoms with van der Waals surface area (Å²) in [5.41, 5.74) is 6.00. The topological polar surface area (TPSA) is 69.4 Å². The van der Waals surface area contributed by atoms with Gasteiger partial charge in [0.15, 0.2) is 9.84 Å². The average Bonchev–Trinajstić information content (AvgIpc) is 2.87. The fourth-order valence-corrected chi connectivity index (χ4v) is 5.49. The average molecular weight is 295 g/mol. The maximum Gasteiger partial charge on any atom is 0.183 e. The summed E-state index contributed by atoms with van der Waals surface area (Å²) in [6.07, 6.45) is 5.44. The molecule has 0 amide bonds. The van der Waals surface area contributed by atoms with Gasteiger partial charge in [0, 0.05) is 6.61 Å². The molecule has 1 spiro atoms. The quantitative estimate of drug-likeness (QED) is 0.851. The Labute approximate surface area is 120 Å². The summed E-state index contributed by atoms with van der Waals surface area (Å²) >= 11 is 0. The first-order valence-corrected chi connectivity index (χ1v) is 8.81. The SMILES string of the molecule is Nc1ccccc1S(=O)(=O)C1CCOC2(CCCC2)C1. The summed E-state index contributed by atoms with van der Waals surface area (Å²) < 4.78 is 31.5. The number of anilines is 1. The zero-order valence-corrected chi connectivity index (χ0v) is 12.4. The standard InChI is InChI=1S/C15H21NO3S/c16-13-5-1-2-6-14(13)20(17,18)12-7-10-19-15(11-12)8-3-4-9-15/h1-2,5-6,12H,3-4,7-11,16H2. The summed E-state index contributed by atoms with van der Waals surface area (Å²) in [6.45, 7) is 0.538. The normalized spacial score (nSPS) is 25.9. The van der Waals surface area contributed by atoms with Crippen molar-refractivity contribution in [2.24, 2.45) is 0 Å². The Hall–Kier alpha value is -1.07. The molecule has 1 aliphatic heterocycles. The molecule has 1 saturated carbocycles. The highest BCUT2D eigenvalue weighted by atomic mass is 32.2. The van der Waals surface area contributed by atoms with Crippen molar-refractivity contribution in [2.45, 2.75) is 54.3 Å². The summed E-state index contributed by atoms with van der Waals surface area (Å²) in [5, 5.41) is -0.362. The van der Waals surface area contributed by atoms with Crippen LogP contribution >= 0.6 is 0 Å². The number of rotatable bonds is 2. The zero-order valence-electron chi connectivity index (χ0n) is 11.5. The highest BCUT2D eigenvalue weighted by molar-refractivity contribution is 7.92. The van der Waals surface area contributed by atoms with Crippen molar-refractivity contribution < 1.29 is 13.2 Å². The molecule has 110 valence electrons. The molecule has 1 aliphatic carbocycles. The number of benzene rings is 1. The van der Waals surface area contributed by atoms with Gasteiger partial charge in [0.1, 0.15) is 0 Å². The van der Waals surface area contributed by atoms with E-state index in [-0.39, 0.29) is 15.7 Å². The molecule has 0 bridgehead atoms. The predicted molar refractivity (Wildman–Crippen MR) is 78.2 cm³/mol. The summed E-state index contributed by atoms with van der Waals surface area (Å²) in [5.74, 6) is 0. The second kappa shape index (κ2) is 5.04. The van der Waals surface area contributed by atoms with Crippen molar-refractivity contribution in [2.75, 3.05) is 12.3 Å². The molecule has 1 heterocycles. The monoisotopic (exact) mass is 295 g/mol. The molecule has 2 aliphatic rings. The number of hydrogen-bond acceptors (Lipinski definition) is 4. The number of ether oxygens (including phenoxy) is 1. The van der Waals surface area contributed by atoms with Crippen LogP contribution in [0.25, 0.3) is 0 Å². The minimum Gasteiger partial charge on any atom is -0.398 e. The van der Waals surface area contributed by atoms with Crippen LogP contribution in [0.3, 0.4) is 0 Å². The first kappa shape index (κ1) is 13.9. The second-order valence-electron chi connectivity index (χ2n) is 5.94. The van der Waals surface area contributed by atoms with E-state index in [9.17, 15) is 8.42 Å². The maximum atomic E-state index is 12.8. The van der Waals surface area contributed by atoms with E-state index in [1.54, 1.807) is 24.3 Å². The highest BCUT2D eigenvalue weighted by Gasteiger charge is 2.44. The van der Waals surface area contributed by atoms with Crippen LogP contribution in [0.5, 0.6) is 0 Å². The first-order valence-electron chi connectivity index (χ1n) is 7.26. The Morgan fingerprint density at radius 1 is 1.20 bits per heavy atom. The van der Waals surface area contributed by atoms with Gasteiger partial charge in [-0.15, -0.1) is 0 Å². The van der Waals surface area contributed by atoms with Gasteiger partial charge in [-0.3, -0.25) is 0 Å². The number of hydrogen-bond donors (Lipinski definition) is 1. The van der Waals surface area contributed by atoms with Crippen LogP contribution in [-0.2, 0) is 14.6 Å². The molecule has 3 rings (SSSR count). The lowest BCUT2D eigenvalue weighted by atomic mass is 9.92. The van der Waals surface area contributed by atoms with E-state index in [1.807, 2.05) is 0 Å². The molecule has 20 heavy (non-hydrogen) atoms. The molecule has 2 fully saturated rings. The van der Waals surface area contributed by atoms with E-state index in [0.29, 0.717) is 25.1 Å². The number of sulfone groups is 1. The molecule has 1 saturated heterocycles. The molecule has 1 aromatic rings. The minimum absolute atomic E-state index is 0.195. The molecule has 5 heteroatoms. The first-order chi connectivity index (χ1) is 9.54. The van der Waals surface area contributed by atoms with Gasteiger partial charge in [-0.1, -0.05) is 25.0 Å². The Morgan fingerprint density at radius 2 is 1.90 bits per heavy atom. The molecule has 1 atom stereocenters. The van der Waals surface area contributed by atoms with Crippen LogP contribution in [0.1, 0.15) is 38.5 Å². The van der Waals surface area contributed by atoms with Gasteiger partial charge >= 0.3 is 0 Å². The third-order valence-corrected chi connectivity index (χ3v) is 6.89. The lowest BCUT2D eigenvalue weighted by Gasteiger charge is -2.38. The van der Waals surface area contributed by atoms with Gasteiger partial charge in [-0.25, -0.2) is 8.42 Å². The minimum atomic E-state index is -3.36. The number of nitrogen functional groups attached to an aromatic ring is 1. The molecule has 0 radical (unpaired) electrons. The largest absolute Gasteiger partial charge is 0.398 e. The smallest absolute Gasteiger partial charge is 0.183 e. The van der Waals surface area contributed by atoms with Crippen molar-refractivity contribution >= 4 is 15.5 Å². The molecule has 1 unspecified atom stereocenters. The van der Waals surface area contributed by atoms with Gasteiger partial charge in [0.25, 0.3) is 0 Å². The van der Waals surface area contributed by atoms with E-state index >= 15 is 0 Å². The number of nitrogens with two attached hydrogens (primary N) is 1.